The van der Waals surface area contributed by atoms with Crippen LogP contribution >= 0.6 is 0 Å². The maximum absolute atomic E-state index is 10.6. The SMILES string of the molecule is Cc1cc([N+](=O)[O-])ccc1NCc1ccn(C)c1. The molecule has 0 fully saturated rings. The van der Waals surface area contributed by atoms with Crippen molar-refractivity contribution in [3.63, 3.8) is 0 Å². The van der Waals surface area contributed by atoms with E-state index in [-0.39, 0.29) is 10.6 Å². The highest BCUT2D eigenvalue weighted by molar-refractivity contribution is 5.55. The van der Waals surface area contributed by atoms with E-state index < -0.39 is 0 Å². The molecule has 0 aliphatic rings. The molecule has 0 saturated carbocycles. The van der Waals surface area contributed by atoms with Crippen LogP contribution in [0.5, 0.6) is 0 Å². The molecule has 5 heteroatoms. The quantitative estimate of drug-likeness (QED) is 0.665. The number of anilines is 1. The number of rotatable bonds is 4. The average Bonchev–Trinajstić information content (AvgIpc) is 2.73. The van der Waals surface area contributed by atoms with Gasteiger partial charge in [0.05, 0.1) is 4.92 Å². The number of aromatic nitrogens is 1. The fourth-order valence-corrected chi connectivity index (χ4v) is 1.82. The first-order chi connectivity index (χ1) is 8.56. The number of non-ortho nitro benzene ring substituents is 1. The first-order valence-corrected chi connectivity index (χ1v) is 5.66. The fourth-order valence-electron chi connectivity index (χ4n) is 1.82. The highest BCUT2D eigenvalue weighted by Gasteiger charge is 2.07. The van der Waals surface area contributed by atoms with E-state index in [9.17, 15) is 10.1 Å². The molecule has 1 aromatic carbocycles. The Bertz CT molecular complexity index is 575. The molecule has 5 nitrogen and oxygen atoms in total. The third-order valence-electron chi connectivity index (χ3n) is 2.80. The van der Waals surface area contributed by atoms with E-state index in [0.29, 0.717) is 6.54 Å². The minimum atomic E-state index is -0.381. The van der Waals surface area contributed by atoms with Crippen molar-refractivity contribution in [3.8, 4) is 0 Å². The second-order valence-corrected chi connectivity index (χ2v) is 4.30. The van der Waals surface area contributed by atoms with Crippen LogP contribution in [0.2, 0.25) is 0 Å². The fraction of sp³-hybridized carbons (Fsp3) is 0.231. The van der Waals surface area contributed by atoms with Crippen LogP contribution in [-0.4, -0.2) is 9.49 Å². The Kier molecular flexibility index (Phi) is 3.32. The number of nitro groups is 1. The summed E-state index contributed by atoms with van der Waals surface area (Å²) in [7, 11) is 1.97. The molecule has 1 aromatic heterocycles. The summed E-state index contributed by atoms with van der Waals surface area (Å²) in [6, 6.07) is 6.87. The normalized spacial score (nSPS) is 10.3. The molecular formula is C13H15N3O2. The van der Waals surface area contributed by atoms with E-state index in [2.05, 4.69) is 5.32 Å². The largest absolute Gasteiger partial charge is 0.381 e. The van der Waals surface area contributed by atoms with Crippen molar-refractivity contribution >= 4 is 11.4 Å². The van der Waals surface area contributed by atoms with E-state index in [1.807, 2.05) is 37.0 Å². The minimum absolute atomic E-state index is 0.123. The molecule has 0 radical (unpaired) electrons. The van der Waals surface area contributed by atoms with E-state index >= 15 is 0 Å². The Hall–Kier alpha value is -2.30. The maximum atomic E-state index is 10.6. The van der Waals surface area contributed by atoms with Gasteiger partial charge in [-0.2, -0.15) is 0 Å². The topological polar surface area (TPSA) is 60.1 Å². The number of nitrogens with one attached hydrogen (secondary N) is 1. The Morgan fingerprint density at radius 2 is 2.17 bits per heavy atom. The lowest BCUT2D eigenvalue weighted by Crippen LogP contribution is -2.00. The third kappa shape index (κ3) is 2.68. The van der Waals surface area contributed by atoms with Gasteiger partial charge in [-0.3, -0.25) is 10.1 Å². The summed E-state index contributed by atoms with van der Waals surface area (Å²) in [5.74, 6) is 0. The lowest BCUT2D eigenvalue weighted by molar-refractivity contribution is -0.384. The molecule has 0 atom stereocenters. The van der Waals surface area contributed by atoms with Gasteiger partial charge in [0.1, 0.15) is 0 Å². The number of benzene rings is 1. The van der Waals surface area contributed by atoms with Crippen LogP contribution in [0.1, 0.15) is 11.1 Å². The molecule has 2 aromatic rings. The zero-order valence-electron chi connectivity index (χ0n) is 10.4. The standard InChI is InChI=1S/C13H15N3O2/c1-10-7-12(16(17)18)3-4-13(10)14-8-11-5-6-15(2)9-11/h3-7,9,14H,8H2,1-2H3. The highest BCUT2D eigenvalue weighted by atomic mass is 16.6. The van der Waals surface area contributed by atoms with Gasteiger partial charge in [0.2, 0.25) is 0 Å². The van der Waals surface area contributed by atoms with Crippen molar-refractivity contribution in [3.05, 3.63) is 57.9 Å². The number of nitro benzene ring substituents is 1. The molecule has 0 spiro atoms. The van der Waals surface area contributed by atoms with Crippen LogP contribution in [0, 0.1) is 17.0 Å². The average molecular weight is 245 g/mol. The molecule has 0 aliphatic heterocycles. The number of hydrogen-bond donors (Lipinski definition) is 1. The van der Waals surface area contributed by atoms with Gasteiger partial charge in [0.15, 0.2) is 0 Å². The van der Waals surface area contributed by atoms with Crippen LogP contribution in [0.3, 0.4) is 0 Å². The van der Waals surface area contributed by atoms with E-state index in [1.165, 1.54) is 11.6 Å². The van der Waals surface area contributed by atoms with Crippen LogP contribution in [0.15, 0.2) is 36.7 Å². The molecule has 18 heavy (non-hydrogen) atoms. The van der Waals surface area contributed by atoms with E-state index in [0.717, 1.165) is 11.3 Å². The van der Waals surface area contributed by atoms with Crippen LogP contribution in [-0.2, 0) is 13.6 Å². The van der Waals surface area contributed by atoms with Crippen molar-refractivity contribution in [1.82, 2.24) is 4.57 Å². The molecule has 0 aliphatic carbocycles. The first-order valence-electron chi connectivity index (χ1n) is 5.66. The number of hydrogen-bond acceptors (Lipinski definition) is 3. The third-order valence-corrected chi connectivity index (χ3v) is 2.80. The van der Waals surface area contributed by atoms with Gasteiger partial charge in [-0.25, -0.2) is 0 Å². The van der Waals surface area contributed by atoms with Gasteiger partial charge in [-0.1, -0.05) is 0 Å². The number of aryl methyl sites for hydroxylation is 2. The molecule has 0 bridgehead atoms. The van der Waals surface area contributed by atoms with Crippen molar-refractivity contribution in [2.45, 2.75) is 13.5 Å². The molecular weight excluding hydrogens is 230 g/mol. The van der Waals surface area contributed by atoms with Gasteiger partial charge in [-0.05, 0) is 30.2 Å². The molecule has 94 valence electrons. The smallest absolute Gasteiger partial charge is 0.269 e. The van der Waals surface area contributed by atoms with Crippen LogP contribution < -0.4 is 5.32 Å². The second kappa shape index (κ2) is 4.91. The summed E-state index contributed by atoms with van der Waals surface area (Å²) in [6.07, 6.45) is 4.02. The minimum Gasteiger partial charge on any atom is -0.381 e. The number of nitrogens with zero attached hydrogens (tertiary/aromatic N) is 2. The summed E-state index contributed by atoms with van der Waals surface area (Å²) in [6.45, 7) is 2.57. The Balaban J connectivity index is 2.08. The summed E-state index contributed by atoms with van der Waals surface area (Å²) in [4.78, 5) is 10.2. The summed E-state index contributed by atoms with van der Waals surface area (Å²) >= 11 is 0. The van der Waals surface area contributed by atoms with E-state index in [1.54, 1.807) is 12.1 Å². The zero-order chi connectivity index (χ0) is 13.1. The lowest BCUT2D eigenvalue weighted by atomic mass is 10.1. The summed E-state index contributed by atoms with van der Waals surface area (Å²) in [5.41, 5.74) is 3.09. The predicted octanol–water partition coefficient (Wildman–Crippen LogP) is 2.85. The van der Waals surface area contributed by atoms with Crippen LogP contribution in [0.4, 0.5) is 11.4 Å². The summed E-state index contributed by atoms with van der Waals surface area (Å²) in [5, 5.41) is 13.9. The van der Waals surface area contributed by atoms with Crippen molar-refractivity contribution < 1.29 is 4.92 Å². The van der Waals surface area contributed by atoms with Gasteiger partial charge in [-0.15, -0.1) is 0 Å². The predicted molar refractivity (Wildman–Crippen MR) is 70.6 cm³/mol. The van der Waals surface area contributed by atoms with Crippen LogP contribution in [0.25, 0.3) is 0 Å². The van der Waals surface area contributed by atoms with Gasteiger partial charge < -0.3 is 9.88 Å². The zero-order valence-corrected chi connectivity index (χ0v) is 10.4. The second-order valence-electron chi connectivity index (χ2n) is 4.30. The maximum Gasteiger partial charge on any atom is 0.269 e. The molecule has 2 rings (SSSR count). The molecule has 0 amide bonds. The Labute approximate surface area is 105 Å². The highest BCUT2D eigenvalue weighted by Crippen LogP contribution is 2.21. The first kappa shape index (κ1) is 12.2. The van der Waals surface area contributed by atoms with E-state index in [4.69, 9.17) is 0 Å². The van der Waals surface area contributed by atoms with Gasteiger partial charge >= 0.3 is 0 Å². The summed E-state index contributed by atoms with van der Waals surface area (Å²) < 4.78 is 1.99. The monoisotopic (exact) mass is 245 g/mol. The van der Waals surface area contributed by atoms with Crippen molar-refractivity contribution in [2.75, 3.05) is 5.32 Å². The Morgan fingerprint density at radius 1 is 1.39 bits per heavy atom. The molecule has 1 heterocycles. The van der Waals surface area contributed by atoms with Gasteiger partial charge in [0.25, 0.3) is 5.69 Å². The lowest BCUT2D eigenvalue weighted by Gasteiger charge is -2.08. The molecule has 1 N–H and O–H groups in total. The molecule has 0 saturated heterocycles. The van der Waals surface area contributed by atoms with Crippen molar-refractivity contribution in [1.29, 1.82) is 0 Å². The van der Waals surface area contributed by atoms with Crippen molar-refractivity contribution in [2.24, 2.45) is 7.05 Å². The molecule has 0 unspecified atom stereocenters. The van der Waals surface area contributed by atoms with Gasteiger partial charge in [0, 0.05) is 43.8 Å². The Morgan fingerprint density at radius 3 is 2.72 bits per heavy atom.